The summed E-state index contributed by atoms with van der Waals surface area (Å²) in [6.45, 7) is 2.12. The van der Waals surface area contributed by atoms with Crippen LogP contribution in [-0.4, -0.2) is 18.6 Å². The van der Waals surface area contributed by atoms with Crippen molar-refractivity contribution in [2.24, 2.45) is 5.92 Å². The van der Waals surface area contributed by atoms with E-state index in [0.717, 1.165) is 31.4 Å². The maximum Gasteiger partial charge on any atom is 0.331 e. The first-order valence-electron chi connectivity index (χ1n) is 6.74. The van der Waals surface area contributed by atoms with E-state index in [1.165, 1.54) is 7.11 Å². The molecule has 1 N–H and O–H groups in total. The smallest absolute Gasteiger partial charge is 0.331 e. The lowest BCUT2D eigenvalue weighted by atomic mass is 9.84. The summed E-state index contributed by atoms with van der Waals surface area (Å²) in [6.07, 6.45) is 3.90. The molecule has 19 heavy (non-hydrogen) atoms. The van der Waals surface area contributed by atoms with Crippen molar-refractivity contribution in [1.29, 1.82) is 0 Å². The molecule has 1 aromatic rings. The highest BCUT2D eigenvalue weighted by atomic mass is 35.5. The molecule has 1 aliphatic carbocycles. The van der Waals surface area contributed by atoms with Gasteiger partial charge in [-0.3, -0.25) is 0 Å². The minimum absolute atomic E-state index is 0.160. The molecule has 1 saturated carbocycles. The van der Waals surface area contributed by atoms with Gasteiger partial charge in [0.25, 0.3) is 0 Å². The number of rotatable bonds is 4. The Bertz CT molecular complexity index is 446. The molecule has 0 heterocycles. The van der Waals surface area contributed by atoms with Crippen molar-refractivity contribution < 1.29 is 9.53 Å². The summed E-state index contributed by atoms with van der Waals surface area (Å²) in [6, 6.07) is 7.45. The molecule has 0 bridgehead atoms. The third kappa shape index (κ3) is 2.71. The molecule has 0 amide bonds. The quantitative estimate of drug-likeness (QED) is 0.852. The summed E-state index contributed by atoms with van der Waals surface area (Å²) in [5, 5.41) is 4.09. The molecular weight excluding hydrogens is 262 g/mol. The molecule has 2 unspecified atom stereocenters. The van der Waals surface area contributed by atoms with Crippen LogP contribution in [0.5, 0.6) is 0 Å². The van der Waals surface area contributed by atoms with Crippen molar-refractivity contribution in [3.63, 3.8) is 0 Å². The highest BCUT2D eigenvalue weighted by Crippen LogP contribution is 2.41. The van der Waals surface area contributed by atoms with Crippen LogP contribution >= 0.6 is 11.6 Å². The lowest BCUT2D eigenvalue weighted by Gasteiger charge is -2.34. The van der Waals surface area contributed by atoms with Crippen LogP contribution in [0.2, 0.25) is 5.02 Å². The molecule has 0 aromatic heterocycles. The molecule has 1 aliphatic rings. The van der Waals surface area contributed by atoms with Crippen LogP contribution in [0.1, 0.15) is 32.6 Å². The van der Waals surface area contributed by atoms with E-state index in [4.69, 9.17) is 16.3 Å². The number of nitrogens with one attached hydrogen (secondary N) is 1. The van der Waals surface area contributed by atoms with Crippen LogP contribution in [0.3, 0.4) is 0 Å². The van der Waals surface area contributed by atoms with Gasteiger partial charge in [-0.05, 0) is 43.0 Å². The summed E-state index contributed by atoms with van der Waals surface area (Å²) in [7, 11) is 1.46. The lowest BCUT2D eigenvalue weighted by molar-refractivity contribution is -0.147. The SMILES string of the molecule is CCC1CCCC1(Nc1ccc(Cl)cc1)C(=O)OC. The van der Waals surface area contributed by atoms with Gasteiger partial charge < -0.3 is 10.1 Å². The Hall–Kier alpha value is -1.22. The number of anilines is 1. The van der Waals surface area contributed by atoms with E-state index < -0.39 is 5.54 Å². The van der Waals surface area contributed by atoms with Crippen LogP contribution in [-0.2, 0) is 9.53 Å². The normalized spacial score (nSPS) is 26.2. The minimum atomic E-state index is -0.586. The van der Waals surface area contributed by atoms with Crippen molar-refractivity contribution in [2.45, 2.75) is 38.1 Å². The van der Waals surface area contributed by atoms with Crippen molar-refractivity contribution in [2.75, 3.05) is 12.4 Å². The van der Waals surface area contributed by atoms with E-state index in [0.29, 0.717) is 10.9 Å². The minimum Gasteiger partial charge on any atom is -0.467 e. The van der Waals surface area contributed by atoms with E-state index in [1.54, 1.807) is 0 Å². The average molecular weight is 282 g/mol. The molecule has 0 aliphatic heterocycles. The molecule has 0 radical (unpaired) electrons. The molecular formula is C15H20ClNO2. The number of benzene rings is 1. The Morgan fingerprint density at radius 2 is 2.16 bits per heavy atom. The molecule has 2 atom stereocenters. The van der Waals surface area contributed by atoms with Gasteiger partial charge in [0.2, 0.25) is 0 Å². The maximum absolute atomic E-state index is 12.3. The zero-order valence-electron chi connectivity index (χ0n) is 11.4. The fourth-order valence-electron chi connectivity index (χ4n) is 3.09. The van der Waals surface area contributed by atoms with E-state index in [2.05, 4.69) is 12.2 Å². The molecule has 104 valence electrons. The first-order valence-corrected chi connectivity index (χ1v) is 7.12. The Balaban J connectivity index is 2.28. The van der Waals surface area contributed by atoms with Crippen LogP contribution in [0.15, 0.2) is 24.3 Å². The summed E-state index contributed by atoms with van der Waals surface area (Å²) >= 11 is 5.89. The monoisotopic (exact) mass is 281 g/mol. The number of hydrogen-bond donors (Lipinski definition) is 1. The first-order chi connectivity index (χ1) is 9.12. The van der Waals surface area contributed by atoms with Gasteiger partial charge in [-0.2, -0.15) is 0 Å². The van der Waals surface area contributed by atoms with Gasteiger partial charge in [0.1, 0.15) is 5.54 Å². The van der Waals surface area contributed by atoms with Gasteiger partial charge in [0.15, 0.2) is 0 Å². The summed E-state index contributed by atoms with van der Waals surface area (Å²) in [5.41, 5.74) is 0.326. The predicted octanol–water partition coefficient (Wildman–Crippen LogP) is 3.87. The highest BCUT2D eigenvalue weighted by Gasteiger charge is 2.49. The third-order valence-electron chi connectivity index (χ3n) is 4.07. The Morgan fingerprint density at radius 1 is 1.47 bits per heavy atom. The third-order valence-corrected chi connectivity index (χ3v) is 4.33. The lowest BCUT2D eigenvalue weighted by Crippen LogP contribution is -2.50. The van der Waals surface area contributed by atoms with E-state index in [-0.39, 0.29) is 5.97 Å². The van der Waals surface area contributed by atoms with Crippen molar-refractivity contribution >= 4 is 23.3 Å². The van der Waals surface area contributed by atoms with Crippen LogP contribution in [0.25, 0.3) is 0 Å². The predicted molar refractivity (Wildman–Crippen MR) is 77.5 cm³/mol. The average Bonchev–Trinajstić information content (AvgIpc) is 2.84. The summed E-state index contributed by atoms with van der Waals surface area (Å²) < 4.78 is 5.04. The number of methoxy groups -OCH3 is 1. The molecule has 1 aromatic carbocycles. The Kier molecular flexibility index (Phi) is 4.35. The van der Waals surface area contributed by atoms with E-state index >= 15 is 0 Å². The standard InChI is InChI=1S/C15H20ClNO2/c1-3-11-5-4-10-15(11,14(18)19-2)17-13-8-6-12(16)7-9-13/h6-9,11,17H,3-5,10H2,1-2H3. The number of ether oxygens (including phenoxy) is 1. The molecule has 0 spiro atoms. The van der Waals surface area contributed by atoms with Crippen molar-refractivity contribution in [3.05, 3.63) is 29.3 Å². The van der Waals surface area contributed by atoms with Gasteiger partial charge in [-0.1, -0.05) is 31.4 Å². The number of carbonyl (C=O) groups excluding carboxylic acids is 1. The summed E-state index contributed by atoms with van der Waals surface area (Å²) in [4.78, 5) is 12.3. The molecule has 3 nitrogen and oxygen atoms in total. The number of halogens is 1. The van der Waals surface area contributed by atoms with Gasteiger partial charge in [0.05, 0.1) is 7.11 Å². The Labute approximate surface area is 119 Å². The van der Waals surface area contributed by atoms with Crippen molar-refractivity contribution in [1.82, 2.24) is 0 Å². The van der Waals surface area contributed by atoms with E-state index in [1.807, 2.05) is 24.3 Å². The second-order valence-corrected chi connectivity index (χ2v) is 5.53. The van der Waals surface area contributed by atoms with Gasteiger partial charge in [0, 0.05) is 10.7 Å². The van der Waals surface area contributed by atoms with E-state index in [9.17, 15) is 4.79 Å². The zero-order valence-corrected chi connectivity index (χ0v) is 12.2. The van der Waals surface area contributed by atoms with Crippen LogP contribution in [0, 0.1) is 5.92 Å². The number of carbonyl (C=O) groups is 1. The fraction of sp³-hybridized carbons (Fsp3) is 0.533. The van der Waals surface area contributed by atoms with Crippen molar-refractivity contribution in [3.8, 4) is 0 Å². The zero-order chi connectivity index (χ0) is 13.9. The number of hydrogen-bond acceptors (Lipinski definition) is 3. The fourth-order valence-corrected chi connectivity index (χ4v) is 3.21. The Morgan fingerprint density at radius 3 is 2.74 bits per heavy atom. The first kappa shape index (κ1) is 14.2. The summed E-state index contributed by atoms with van der Waals surface area (Å²) in [5.74, 6) is 0.155. The maximum atomic E-state index is 12.3. The van der Waals surface area contributed by atoms with Gasteiger partial charge in [-0.15, -0.1) is 0 Å². The van der Waals surface area contributed by atoms with Crippen LogP contribution in [0.4, 0.5) is 5.69 Å². The molecule has 2 rings (SSSR count). The molecule has 1 fully saturated rings. The molecule has 4 heteroatoms. The second-order valence-electron chi connectivity index (χ2n) is 5.09. The largest absolute Gasteiger partial charge is 0.467 e. The molecule has 0 saturated heterocycles. The second kappa shape index (κ2) is 5.83. The van der Waals surface area contributed by atoms with Gasteiger partial charge in [-0.25, -0.2) is 4.79 Å². The van der Waals surface area contributed by atoms with Crippen LogP contribution < -0.4 is 5.32 Å². The van der Waals surface area contributed by atoms with Gasteiger partial charge >= 0.3 is 5.97 Å². The number of esters is 1. The highest BCUT2D eigenvalue weighted by molar-refractivity contribution is 6.30. The topological polar surface area (TPSA) is 38.3 Å².